The smallest absolute Gasteiger partial charge is 0.250 e. The van der Waals surface area contributed by atoms with Gasteiger partial charge in [0.2, 0.25) is 5.91 Å². The van der Waals surface area contributed by atoms with Gasteiger partial charge in [0.25, 0.3) is 0 Å². The minimum Gasteiger partial charge on any atom is -0.496 e. The topological polar surface area (TPSA) is 63.2 Å². The minimum absolute atomic E-state index is 0.163. The van der Waals surface area contributed by atoms with Crippen molar-refractivity contribution in [2.45, 2.75) is 0 Å². The quantitative estimate of drug-likeness (QED) is 0.393. The number of carbonyl (C=O) groups excluding carboxylic acids is 1. The molecule has 2 N–H and O–H groups in total. The summed E-state index contributed by atoms with van der Waals surface area (Å²) < 4.78 is 7.09. The van der Waals surface area contributed by atoms with Crippen LogP contribution >= 0.6 is 51.1 Å². The van der Waals surface area contributed by atoms with Gasteiger partial charge in [-0.15, -0.1) is 0 Å². The number of halogens is 2. The summed E-state index contributed by atoms with van der Waals surface area (Å²) in [4.78, 5) is 16.5. The maximum Gasteiger partial charge on any atom is 0.250 e. The van der Waals surface area contributed by atoms with Gasteiger partial charge in [-0.05, 0) is 54.7 Å². The van der Waals surface area contributed by atoms with E-state index in [-0.39, 0.29) is 11.0 Å². The molecular weight excluding hydrogens is 470 g/mol. The van der Waals surface area contributed by atoms with Crippen LogP contribution in [0.5, 0.6) is 5.75 Å². The van der Waals surface area contributed by atoms with Crippen molar-refractivity contribution in [3.63, 3.8) is 0 Å². The van der Waals surface area contributed by atoms with Gasteiger partial charge in [0.05, 0.1) is 17.3 Å². The number of amides is 1. The first-order valence-corrected chi connectivity index (χ1v) is 10.0. The lowest BCUT2D eigenvalue weighted by atomic mass is 10.2. The van der Waals surface area contributed by atoms with Crippen LogP contribution in [-0.4, -0.2) is 23.1 Å². The maximum absolute atomic E-state index is 12.1. The Morgan fingerprint density at radius 1 is 1.33 bits per heavy atom. The summed E-state index contributed by atoms with van der Waals surface area (Å²) in [7, 11) is 1.57. The molecule has 0 spiro atoms. The molecule has 0 fully saturated rings. The van der Waals surface area contributed by atoms with E-state index in [0.29, 0.717) is 15.9 Å². The van der Waals surface area contributed by atoms with Gasteiger partial charge < -0.3 is 10.1 Å². The summed E-state index contributed by atoms with van der Waals surface area (Å²) in [6.07, 6.45) is 3.04. The predicted molar refractivity (Wildman–Crippen MR) is 119 cm³/mol. The van der Waals surface area contributed by atoms with E-state index in [1.807, 2.05) is 30.3 Å². The van der Waals surface area contributed by atoms with Crippen LogP contribution in [0.1, 0.15) is 5.56 Å². The maximum atomic E-state index is 12.1. The SMILES string of the molecule is COc1ccc(Br)cc1C=CC(=O)NC(=S)Nc1nc2ccc(Cl)cc2s1. The van der Waals surface area contributed by atoms with E-state index in [2.05, 4.69) is 31.5 Å². The molecule has 3 aromatic rings. The first-order valence-electron chi connectivity index (χ1n) is 7.64. The predicted octanol–water partition coefficient (Wildman–Crippen LogP) is 5.25. The van der Waals surface area contributed by atoms with Gasteiger partial charge in [-0.3, -0.25) is 10.1 Å². The summed E-state index contributed by atoms with van der Waals surface area (Å²) in [6, 6.07) is 11.0. The van der Waals surface area contributed by atoms with Crippen LogP contribution in [0.3, 0.4) is 0 Å². The molecule has 3 rings (SSSR count). The second-order valence-corrected chi connectivity index (χ2v) is 8.09. The number of ether oxygens (including phenoxy) is 1. The Kier molecular flexibility index (Phi) is 6.43. The van der Waals surface area contributed by atoms with Crippen molar-refractivity contribution in [2.24, 2.45) is 0 Å². The summed E-state index contributed by atoms with van der Waals surface area (Å²) >= 11 is 15.9. The second kappa shape index (κ2) is 8.79. The Morgan fingerprint density at radius 3 is 2.93 bits per heavy atom. The molecule has 1 aromatic heterocycles. The fourth-order valence-electron chi connectivity index (χ4n) is 2.23. The van der Waals surface area contributed by atoms with Crippen molar-refractivity contribution >= 4 is 83.5 Å². The number of nitrogens with one attached hydrogen (secondary N) is 2. The van der Waals surface area contributed by atoms with E-state index in [9.17, 15) is 4.79 Å². The van der Waals surface area contributed by atoms with Crippen LogP contribution < -0.4 is 15.4 Å². The number of anilines is 1. The fourth-order valence-corrected chi connectivity index (χ4v) is 4.02. The zero-order valence-corrected chi connectivity index (χ0v) is 17.9. The molecule has 0 aliphatic heterocycles. The number of benzene rings is 2. The van der Waals surface area contributed by atoms with Gasteiger partial charge in [0, 0.05) is 21.1 Å². The highest BCUT2D eigenvalue weighted by atomic mass is 79.9. The third kappa shape index (κ3) is 5.26. The van der Waals surface area contributed by atoms with E-state index >= 15 is 0 Å². The lowest BCUT2D eigenvalue weighted by molar-refractivity contribution is -0.115. The average Bonchev–Trinajstić information content (AvgIpc) is 3.01. The first-order chi connectivity index (χ1) is 12.9. The highest BCUT2D eigenvalue weighted by Crippen LogP contribution is 2.28. The van der Waals surface area contributed by atoms with E-state index < -0.39 is 0 Å². The Morgan fingerprint density at radius 2 is 2.15 bits per heavy atom. The van der Waals surface area contributed by atoms with Crippen molar-refractivity contribution < 1.29 is 9.53 Å². The third-order valence-corrected chi connectivity index (χ3v) is 5.28. The summed E-state index contributed by atoms with van der Waals surface area (Å²) in [5, 5.41) is 6.88. The van der Waals surface area contributed by atoms with Crippen molar-refractivity contribution in [3.05, 3.63) is 57.5 Å². The number of nitrogens with zero attached hydrogens (tertiary/aromatic N) is 1. The minimum atomic E-state index is -0.362. The van der Waals surface area contributed by atoms with Crippen LogP contribution in [0.15, 0.2) is 46.9 Å². The number of thiazole rings is 1. The van der Waals surface area contributed by atoms with Crippen LogP contribution in [0, 0.1) is 0 Å². The normalized spacial score (nSPS) is 10.9. The molecule has 2 aromatic carbocycles. The molecule has 9 heteroatoms. The number of fused-ring (bicyclic) bond motifs is 1. The lowest BCUT2D eigenvalue weighted by Gasteiger charge is -2.06. The Bertz CT molecular complexity index is 1050. The van der Waals surface area contributed by atoms with E-state index in [1.54, 1.807) is 19.3 Å². The van der Waals surface area contributed by atoms with Gasteiger partial charge >= 0.3 is 0 Å². The molecule has 0 radical (unpaired) electrons. The number of hydrogen-bond donors (Lipinski definition) is 2. The molecule has 0 unspecified atom stereocenters. The van der Waals surface area contributed by atoms with Gasteiger partial charge in [0.1, 0.15) is 5.75 Å². The highest BCUT2D eigenvalue weighted by molar-refractivity contribution is 9.10. The van der Waals surface area contributed by atoms with Crippen LogP contribution in [0.2, 0.25) is 5.02 Å². The van der Waals surface area contributed by atoms with Gasteiger partial charge in [0.15, 0.2) is 10.2 Å². The number of carbonyl (C=O) groups is 1. The standard InChI is InChI=1S/C18H13BrClN3O2S2/c1-25-14-6-3-11(19)8-10(14)2-7-16(24)22-17(26)23-18-21-13-5-4-12(20)9-15(13)27-18/h2-9H,1H3,(H2,21,22,23,24,26). The zero-order valence-electron chi connectivity index (χ0n) is 14.0. The number of thiocarbonyl (C=S) groups is 1. The number of rotatable bonds is 4. The molecule has 0 aliphatic rings. The fraction of sp³-hybridized carbons (Fsp3) is 0.0556. The van der Waals surface area contributed by atoms with Crippen molar-refractivity contribution in [3.8, 4) is 5.75 Å². The monoisotopic (exact) mass is 481 g/mol. The van der Waals surface area contributed by atoms with Crippen molar-refractivity contribution in [2.75, 3.05) is 12.4 Å². The Labute approximate surface area is 178 Å². The van der Waals surface area contributed by atoms with E-state index in [1.165, 1.54) is 17.4 Å². The van der Waals surface area contributed by atoms with Crippen LogP contribution in [0.25, 0.3) is 16.3 Å². The molecule has 0 bridgehead atoms. The Balaban J connectivity index is 1.63. The van der Waals surface area contributed by atoms with Gasteiger partial charge in [-0.25, -0.2) is 4.98 Å². The molecule has 0 atom stereocenters. The molecule has 5 nitrogen and oxygen atoms in total. The lowest BCUT2D eigenvalue weighted by Crippen LogP contribution is -2.32. The van der Waals surface area contributed by atoms with E-state index in [4.69, 9.17) is 28.6 Å². The summed E-state index contributed by atoms with van der Waals surface area (Å²) in [6.45, 7) is 0. The molecule has 0 aliphatic carbocycles. The average molecular weight is 483 g/mol. The molecule has 138 valence electrons. The number of methoxy groups -OCH3 is 1. The van der Waals surface area contributed by atoms with Crippen LogP contribution in [-0.2, 0) is 4.79 Å². The summed E-state index contributed by atoms with van der Waals surface area (Å²) in [5.41, 5.74) is 1.58. The number of hydrogen-bond acceptors (Lipinski definition) is 5. The third-order valence-electron chi connectivity index (χ3n) is 3.41. The van der Waals surface area contributed by atoms with Crippen molar-refractivity contribution in [1.29, 1.82) is 0 Å². The highest BCUT2D eigenvalue weighted by Gasteiger charge is 2.08. The molecule has 0 saturated heterocycles. The molecule has 1 heterocycles. The van der Waals surface area contributed by atoms with E-state index in [0.717, 1.165) is 20.3 Å². The molecular formula is C18H13BrClN3O2S2. The molecule has 1 amide bonds. The largest absolute Gasteiger partial charge is 0.496 e. The van der Waals surface area contributed by atoms with Crippen molar-refractivity contribution in [1.82, 2.24) is 10.3 Å². The number of aromatic nitrogens is 1. The van der Waals surface area contributed by atoms with Gasteiger partial charge in [-0.1, -0.05) is 38.9 Å². The molecule has 0 saturated carbocycles. The Hall–Kier alpha value is -2.00. The second-order valence-electron chi connectivity index (χ2n) is 5.29. The van der Waals surface area contributed by atoms with Crippen LogP contribution in [0.4, 0.5) is 5.13 Å². The first kappa shape index (κ1) is 19.8. The summed E-state index contributed by atoms with van der Waals surface area (Å²) in [5.74, 6) is 0.301. The molecule has 27 heavy (non-hydrogen) atoms. The zero-order chi connectivity index (χ0) is 19.4. The van der Waals surface area contributed by atoms with Gasteiger partial charge in [-0.2, -0.15) is 0 Å².